The second kappa shape index (κ2) is 50.4. The summed E-state index contributed by atoms with van der Waals surface area (Å²) in [6, 6.07) is 0. The van der Waals surface area contributed by atoms with Gasteiger partial charge in [-0.1, -0.05) is 236 Å². The fraction of sp³-hybridized carbons (Fsp3) is 0.815. The van der Waals surface area contributed by atoms with Crippen molar-refractivity contribution in [2.24, 2.45) is 5.73 Å². The van der Waals surface area contributed by atoms with Gasteiger partial charge in [-0.25, -0.2) is 4.57 Å². The summed E-state index contributed by atoms with van der Waals surface area (Å²) in [6.07, 6.45) is 60.4. The van der Waals surface area contributed by atoms with Crippen LogP contribution >= 0.6 is 7.82 Å². The molecule has 0 spiro atoms. The molecule has 0 aliphatic heterocycles. The van der Waals surface area contributed by atoms with E-state index in [2.05, 4.69) is 62.5 Å². The topological polar surface area (TPSA) is 134 Å². The van der Waals surface area contributed by atoms with Gasteiger partial charge in [-0.3, -0.25) is 18.6 Å². The molecule has 0 fully saturated rings. The maximum Gasteiger partial charge on any atom is 0.472 e. The van der Waals surface area contributed by atoms with Crippen LogP contribution in [0.4, 0.5) is 0 Å². The monoisotopic (exact) mass is 922 g/mol. The fourth-order valence-electron chi connectivity index (χ4n) is 7.57. The van der Waals surface area contributed by atoms with Crippen molar-refractivity contribution < 1.29 is 37.6 Å². The van der Waals surface area contributed by atoms with Crippen LogP contribution in [0.1, 0.15) is 251 Å². The van der Waals surface area contributed by atoms with Gasteiger partial charge >= 0.3 is 19.8 Å². The number of esters is 2. The summed E-state index contributed by atoms with van der Waals surface area (Å²) in [6.45, 7) is 3.63. The maximum atomic E-state index is 12.6. The SMILES string of the molecule is CC/C=C\C/C=C\C/C=C\C/C=C\CCCCCCCCCCCCCCCCCCCCCCC(=O)OC(COC(=O)CCCCCCCCCCCC)COP(=O)(O)OCCN. The van der Waals surface area contributed by atoms with E-state index in [-0.39, 0.29) is 38.6 Å². The Morgan fingerprint density at radius 3 is 1.28 bits per heavy atom. The number of rotatable bonds is 50. The van der Waals surface area contributed by atoms with E-state index in [9.17, 15) is 19.0 Å². The van der Waals surface area contributed by atoms with Gasteiger partial charge < -0.3 is 20.1 Å². The summed E-state index contributed by atoms with van der Waals surface area (Å²) in [5, 5.41) is 0. The first kappa shape index (κ1) is 62.0. The number of allylic oxidation sites excluding steroid dienone is 8. The number of carbonyl (C=O) groups excluding carboxylic acids is 2. The quantitative estimate of drug-likeness (QED) is 0.0265. The molecule has 0 aromatic carbocycles. The molecule has 0 amide bonds. The lowest BCUT2D eigenvalue weighted by molar-refractivity contribution is -0.161. The van der Waals surface area contributed by atoms with Gasteiger partial charge in [-0.05, 0) is 51.4 Å². The Morgan fingerprint density at radius 1 is 0.484 bits per heavy atom. The molecule has 0 saturated carbocycles. The highest BCUT2D eigenvalue weighted by Gasteiger charge is 2.26. The Labute approximate surface area is 394 Å². The highest BCUT2D eigenvalue weighted by atomic mass is 31.2. The van der Waals surface area contributed by atoms with E-state index in [0.29, 0.717) is 6.42 Å². The smallest absolute Gasteiger partial charge is 0.462 e. The van der Waals surface area contributed by atoms with E-state index in [1.165, 1.54) is 161 Å². The number of hydrogen-bond donors (Lipinski definition) is 2. The molecule has 0 aliphatic rings. The van der Waals surface area contributed by atoms with Crippen molar-refractivity contribution in [1.82, 2.24) is 0 Å². The average Bonchev–Trinajstić information content (AvgIpc) is 3.28. The van der Waals surface area contributed by atoms with Gasteiger partial charge in [0.15, 0.2) is 6.10 Å². The minimum atomic E-state index is -4.37. The van der Waals surface area contributed by atoms with Crippen molar-refractivity contribution in [2.75, 3.05) is 26.4 Å². The maximum absolute atomic E-state index is 12.6. The van der Waals surface area contributed by atoms with Crippen LogP contribution < -0.4 is 5.73 Å². The van der Waals surface area contributed by atoms with Gasteiger partial charge in [0.2, 0.25) is 0 Å². The number of phosphoric acid groups is 1. The van der Waals surface area contributed by atoms with Crippen molar-refractivity contribution in [3.63, 3.8) is 0 Å². The Bertz CT molecular complexity index is 1190. The highest BCUT2D eigenvalue weighted by molar-refractivity contribution is 7.47. The van der Waals surface area contributed by atoms with E-state index >= 15 is 0 Å². The van der Waals surface area contributed by atoms with Crippen molar-refractivity contribution >= 4 is 19.8 Å². The molecule has 0 bridgehead atoms. The summed E-state index contributed by atoms with van der Waals surface area (Å²) >= 11 is 0. The van der Waals surface area contributed by atoms with Gasteiger partial charge in [0.25, 0.3) is 0 Å². The molecule has 0 radical (unpaired) electrons. The van der Waals surface area contributed by atoms with E-state index in [0.717, 1.165) is 57.8 Å². The first-order valence-corrected chi connectivity index (χ1v) is 28.1. The Balaban J connectivity index is 3.81. The van der Waals surface area contributed by atoms with Crippen molar-refractivity contribution in [1.29, 1.82) is 0 Å². The Kier molecular flexibility index (Phi) is 48.8. The summed E-state index contributed by atoms with van der Waals surface area (Å²) in [5.74, 6) is -0.819. The largest absolute Gasteiger partial charge is 0.472 e. The predicted molar refractivity (Wildman–Crippen MR) is 270 cm³/mol. The van der Waals surface area contributed by atoms with E-state index in [4.69, 9.17) is 24.3 Å². The van der Waals surface area contributed by atoms with Gasteiger partial charge in [0.1, 0.15) is 6.61 Å². The molecule has 0 saturated heterocycles. The van der Waals surface area contributed by atoms with Gasteiger partial charge in [-0.2, -0.15) is 0 Å². The lowest BCUT2D eigenvalue weighted by Gasteiger charge is -2.19. The van der Waals surface area contributed by atoms with Crippen LogP contribution in [0.3, 0.4) is 0 Å². The number of carbonyl (C=O) groups is 2. The van der Waals surface area contributed by atoms with Crippen LogP contribution in [-0.4, -0.2) is 49.3 Å². The fourth-order valence-corrected chi connectivity index (χ4v) is 8.33. The molecule has 64 heavy (non-hydrogen) atoms. The van der Waals surface area contributed by atoms with Crippen LogP contribution in [0.25, 0.3) is 0 Å². The number of phosphoric ester groups is 1. The predicted octanol–water partition coefficient (Wildman–Crippen LogP) is 16.2. The van der Waals surface area contributed by atoms with E-state index < -0.39 is 26.5 Å². The standard InChI is InChI=1S/C54H100NO8P/c1-3-5-7-9-11-13-15-16-17-18-19-20-21-22-23-24-25-26-27-28-29-30-31-32-33-34-35-36-37-39-41-43-45-47-54(57)63-52(51-62-64(58,59)61-49-48-55)50-60-53(56)46-44-42-40-38-14-12-10-8-6-4-2/h5,7,11,13,16-17,19-20,52H,3-4,6,8-10,12,14-15,18,21-51,55H2,1-2H3,(H,58,59)/b7-5-,13-11-,17-16-,20-19-. The number of nitrogens with two attached hydrogens (primary N) is 1. The van der Waals surface area contributed by atoms with E-state index in [1.54, 1.807) is 0 Å². The molecule has 2 unspecified atom stereocenters. The molecule has 0 aliphatic carbocycles. The summed E-state index contributed by atoms with van der Waals surface area (Å²) in [5.41, 5.74) is 5.36. The number of unbranched alkanes of at least 4 members (excludes halogenated alkanes) is 29. The molecule has 2 atom stereocenters. The second-order valence-corrected chi connectivity index (χ2v) is 19.2. The minimum Gasteiger partial charge on any atom is -0.462 e. The second-order valence-electron chi connectivity index (χ2n) is 17.7. The van der Waals surface area contributed by atoms with Gasteiger partial charge in [0, 0.05) is 19.4 Å². The molecule has 0 aromatic rings. The third kappa shape index (κ3) is 49.4. The van der Waals surface area contributed by atoms with Gasteiger partial charge in [-0.15, -0.1) is 0 Å². The molecule has 0 aromatic heterocycles. The van der Waals surface area contributed by atoms with Crippen LogP contribution in [-0.2, 0) is 32.7 Å². The Hall–Kier alpha value is -2.03. The third-order valence-electron chi connectivity index (χ3n) is 11.5. The number of hydrogen-bond acceptors (Lipinski definition) is 8. The van der Waals surface area contributed by atoms with Crippen molar-refractivity contribution in [2.45, 2.75) is 258 Å². The van der Waals surface area contributed by atoms with Crippen LogP contribution in [0.2, 0.25) is 0 Å². The molecule has 9 nitrogen and oxygen atoms in total. The zero-order chi connectivity index (χ0) is 46.7. The molecular formula is C54H100NO8P. The first-order chi connectivity index (χ1) is 31.3. The highest BCUT2D eigenvalue weighted by Crippen LogP contribution is 2.43. The lowest BCUT2D eigenvalue weighted by Crippen LogP contribution is -2.29. The molecule has 0 rings (SSSR count). The number of ether oxygens (including phenoxy) is 2. The summed E-state index contributed by atoms with van der Waals surface area (Å²) in [4.78, 5) is 34.9. The van der Waals surface area contributed by atoms with Crippen LogP contribution in [0, 0.1) is 0 Å². The summed E-state index contributed by atoms with van der Waals surface area (Å²) < 4.78 is 32.8. The third-order valence-corrected chi connectivity index (χ3v) is 12.5. The molecule has 10 heteroatoms. The Morgan fingerprint density at radius 2 is 0.859 bits per heavy atom. The average molecular weight is 922 g/mol. The zero-order valence-corrected chi connectivity index (χ0v) is 42.4. The lowest BCUT2D eigenvalue weighted by atomic mass is 10.0. The normalized spacial score (nSPS) is 13.5. The van der Waals surface area contributed by atoms with Crippen molar-refractivity contribution in [3.05, 3.63) is 48.6 Å². The van der Waals surface area contributed by atoms with Crippen LogP contribution in [0.15, 0.2) is 48.6 Å². The first-order valence-electron chi connectivity index (χ1n) is 26.6. The zero-order valence-electron chi connectivity index (χ0n) is 41.5. The van der Waals surface area contributed by atoms with Gasteiger partial charge in [0.05, 0.1) is 13.2 Å². The van der Waals surface area contributed by atoms with Crippen LogP contribution in [0.5, 0.6) is 0 Å². The van der Waals surface area contributed by atoms with E-state index in [1.807, 2.05) is 0 Å². The molecular weight excluding hydrogens is 822 g/mol. The molecule has 3 N–H and O–H groups in total. The van der Waals surface area contributed by atoms with Crippen molar-refractivity contribution in [3.8, 4) is 0 Å². The molecule has 0 heterocycles. The molecule has 374 valence electrons. The minimum absolute atomic E-state index is 0.0552. The summed E-state index contributed by atoms with van der Waals surface area (Å²) in [7, 11) is -4.37.